The van der Waals surface area contributed by atoms with Gasteiger partial charge in [0, 0.05) is 39.3 Å². The fraction of sp³-hybridized carbons (Fsp3) is 0.968. The van der Waals surface area contributed by atoms with Crippen LogP contribution in [0.5, 0.6) is 0 Å². The molecule has 0 atom stereocenters. The number of carboxylic acid groups (broad SMARTS) is 1. The van der Waals surface area contributed by atoms with Crippen molar-refractivity contribution in [3.8, 4) is 0 Å². The molecule has 1 heterocycles. The lowest BCUT2D eigenvalue weighted by molar-refractivity contribution is 0.0989. The highest BCUT2D eigenvalue weighted by Crippen LogP contribution is 2.13. The van der Waals surface area contributed by atoms with Crippen LogP contribution < -0.4 is 0 Å². The molecule has 1 fully saturated rings. The number of unbranched alkanes of at least 4 members (excludes halogenated alkanes) is 18. The van der Waals surface area contributed by atoms with Crippen LogP contribution in [0.4, 0.5) is 4.79 Å². The van der Waals surface area contributed by atoms with Crippen molar-refractivity contribution in [2.45, 2.75) is 142 Å². The lowest BCUT2D eigenvalue weighted by Crippen LogP contribution is -2.50. The Balaban J connectivity index is 2.18. The maximum Gasteiger partial charge on any atom is 0.407 e. The quantitative estimate of drug-likeness (QED) is 0.125. The average molecular weight is 510 g/mol. The van der Waals surface area contributed by atoms with Gasteiger partial charge < -0.3 is 14.9 Å². The second-order valence-electron chi connectivity index (χ2n) is 11.3. The minimum atomic E-state index is -0.766. The summed E-state index contributed by atoms with van der Waals surface area (Å²) < 4.78 is 0. The third kappa shape index (κ3) is 19.3. The molecule has 0 aromatic rings. The molecule has 214 valence electrons. The molecule has 0 spiro atoms. The molecule has 1 saturated heterocycles. The lowest BCUT2D eigenvalue weighted by atomic mass is 10.1. The second-order valence-corrected chi connectivity index (χ2v) is 11.3. The van der Waals surface area contributed by atoms with Crippen LogP contribution in [-0.2, 0) is 0 Å². The summed E-state index contributed by atoms with van der Waals surface area (Å²) in [5, 5.41) is 9.19. The largest absolute Gasteiger partial charge is 0.465 e. The van der Waals surface area contributed by atoms with Crippen molar-refractivity contribution in [2.24, 2.45) is 0 Å². The van der Waals surface area contributed by atoms with Crippen LogP contribution in [0.15, 0.2) is 0 Å². The fourth-order valence-corrected chi connectivity index (χ4v) is 5.43. The standard InChI is InChI=1S/C31H63N3O2/c1-3-5-7-9-11-13-15-17-19-21-23-32(24-22-20-18-16-14-12-10-8-6-4-2)25-26-33-27-29-34(30-28-33)31(35)36/h3-30H2,1-2H3,(H,35,36). The maximum atomic E-state index is 11.2. The molecule has 0 unspecified atom stereocenters. The molecule has 5 nitrogen and oxygen atoms in total. The monoisotopic (exact) mass is 509 g/mol. The fourth-order valence-electron chi connectivity index (χ4n) is 5.43. The van der Waals surface area contributed by atoms with Gasteiger partial charge in [0.25, 0.3) is 0 Å². The molecule has 1 amide bonds. The van der Waals surface area contributed by atoms with Gasteiger partial charge in [-0.05, 0) is 25.9 Å². The molecule has 0 aliphatic carbocycles. The van der Waals surface area contributed by atoms with Gasteiger partial charge in [-0.25, -0.2) is 4.79 Å². The lowest BCUT2D eigenvalue weighted by Gasteiger charge is -2.34. The summed E-state index contributed by atoms with van der Waals surface area (Å²) in [5.41, 5.74) is 0. The van der Waals surface area contributed by atoms with E-state index in [9.17, 15) is 9.90 Å². The van der Waals surface area contributed by atoms with Crippen LogP contribution in [-0.4, -0.2) is 78.3 Å². The molecule has 0 aromatic carbocycles. The summed E-state index contributed by atoms with van der Waals surface area (Å²) >= 11 is 0. The minimum absolute atomic E-state index is 0.659. The normalized spacial score (nSPS) is 14.7. The van der Waals surface area contributed by atoms with Crippen LogP contribution in [0, 0.1) is 0 Å². The smallest absolute Gasteiger partial charge is 0.407 e. The van der Waals surface area contributed by atoms with E-state index in [-0.39, 0.29) is 0 Å². The zero-order valence-electron chi connectivity index (χ0n) is 24.5. The maximum absolute atomic E-state index is 11.2. The summed E-state index contributed by atoms with van der Waals surface area (Å²) in [7, 11) is 0. The Labute approximate surface area is 225 Å². The first kappa shape index (κ1) is 33.2. The summed E-state index contributed by atoms with van der Waals surface area (Å²) in [4.78, 5) is 17.9. The van der Waals surface area contributed by atoms with Gasteiger partial charge in [0.15, 0.2) is 0 Å². The first-order valence-electron chi connectivity index (χ1n) is 16.1. The number of amides is 1. The van der Waals surface area contributed by atoms with E-state index in [2.05, 4.69) is 23.6 Å². The van der Waals surface area contributed by atoms with E-state index in [0.717, 1.165) is 26.2 Å². The van der Waals surface area contributed by atoms with E-state index < -0.39 is 6.09 Å². The van der Waals surface area contributed by atoms with E-state index >= 15 is 0 Å². The number of carbonyl (C=O) groups is 1. The van der Waals surface area contributed by atoms with Gasteiger partial charge in [-0.3, -0.25) is 4.90 Å². The van der Waals surface area contributed by atoms with Crippen LogP contribution in [0.25, 0.3) is 0 Å². The third-order valence-electron chi connectivity index (χ3n) is 8.03. The molecule has 1 aliphatic rings. The average Bonchev–Trinajstić information content (AvgIpc) is 2.89. The van der Waals surface area contributed by atoms with Crippen LogP contribution in [0.1, 0.15) is 142 Å². The highest BCUT2D eigenvalue weighted by Gasteiger charge is 2.20. The SMILES string of the molecule is CCCCCCCCCCCCN(CCCCCCCCCCCC)CCN1CCN(C(=O)O)CC1. The van der Waals surface area contributed by atoms with Gasteiger partial charge in [-0.2, -0.15) is 0 Å². The van der Waals surface area contributed by atoms with Crippen molar-refractivity contribution < 1.29 is 9.90 Å². The predicted molar refractivity (Wildman–Crippen MR) is 156 cm³/mol. The van der Waals surface area contributed by atoms with Crippen molar-refractivity contribution in [3.05, 3.63) is 0 Å². The summed E-state index contributed by atoms with van der Waals surface area (Å²) in [5.74, 6) is 0. The number of rotatable bonds is 25. The van der Waals surface area contributed by atoms with Gasteiger partial charge in [0.1, 0.15) is 0 Å². The van der Waals surface area contributed by atoms with Crippen molar-refractivity contribution in [3.63, 3.8) is 0 Å². The molecule has 0 bridgehead atoms. The second kappa shape index (κ2) is 24.5. The molecule has 0 radical (unpaired) electrons. The van der Waals surface area contributed by atoms with Gasteiger partial charge >= 0.3 is 6.09 Å². The number of hydrogen-bond acceptors (Lipinski definition) is 3. The minimum Gasteiger partial charge on any atom is -0.465 e. The zero-order valence-corrected chi connectivity index (χ0v) is 24.5. The Morgan fingerprint density at radius 1 is 0.556 bits per heavy atom. The van der Waals surface area contributed by atoms with Gasteiger partial charge in [0.2, 0.25) is 0 Å². The highest BCUT2D eigenvalue weighted by atomic mass is 16.4. The summed E-state index contributed by atoms with van der Waals surface area (Å²) in [6, 6.07) is 0. The topological polar surface area (TPSA) is 47.0 Å². The Bertz CT molecular complexity index is 456. The molecule has 1 aliphatic heterocycles. The van der Waals surface area contributed by atoms with Crippen molar-refractivity contribution in [1.82, 2.24) is 14.7 Å². The first-order valence-corrected chi connectivity index (χ1v) is 16.1. The Morgan fingerprint density at radius 2 is 0.917 bits per heavy atom. The summed E-state index contributed by atoms with van der Waals surface area (Å²) in [6.45, 7) is 12.4. The van der Waals surface area contributed by atoms with E-state index in [1.807, 2.05) is 0 Å². The predicted octanol–water partition coefficient (Wildman–Crippen LogP) is 8.43. The molecular weight excluding hydrogens is 446 g/mol. The van der Waals surface area contributed by atoms with E-state index in [4.69, 9.17) is 0 Å². The van der Waals surface area contributed by atoms with Gasteiger partial charge in [0.05, 0.1) is 0 Å². The molecular formula is C31H63N3O2. The molecule has 0 aromatic heterocycles. The number of piperazine rings is 1. The molecule has 36 heavy (non-hydrogen) atoms. The Hall–Kier alpha value is -0.810. The van der Waals surface area contributed by atoms with E-state index in [0.29, 0.717) is 13.1 Å². The van der Waals surface area contributed by atoms with Gasteiger partial charge in [-0.15, -0.1) is 0 Å². The van der Waals surface area contributed by atoms with E-state index in [1.54, 1.807) is 4.90 Å². The Morgan fingerprint density at radius 3 is 1.28 bits per heavy atom. The summed E-state index contributed by atoms with van der Waals surface area (Å²) in [6.07, 6.45) is 27.2. The van der Waals surface area contributed by atoms with E-state index in [1.165, 1.54) is 142 Å². The molecule has 5 heteroatoms. The van der Waals surface area contributed by atoms with Crippen molar-refractivity contribution in [2.75, 3.05) is 52.4 Å². The zero-order chi connectivity index (χ0) is 26.1. The van der Waals surface area contributed by atoms with Crippen molar-refractivity contribution >= 4 is 6.09 Å². The molecule has 1 N–H and O–H groups in total. The Kier molecular flexibility index (Phi) is 22.6. The number of nitrogens with zero attached hydrogens (tertiary/aromatic N) is 3. The third-order valence-corrected chi connectivity index (χ3v) is 8.03. The van der Waals surface area contributed by atoms with Crippen LogP contribution in [0.2, 0.25) is 0 Å². The molecule has 1 rings (SSSR count). The van der Waals surface area contributed by atoms with Gasteiger partial charge in [-0.1, -0.05) is 129 Å². The number of hydrogen-bond donors (Lipinski definition) is 1. The van der Waals surface area contributed by atoms with Crippen LogP contribution >= 0.6 is 0 Å². The van der Waals surface area contributed by atoms with Crippen LogP contribution in [0.3, 0.4) is 0 Å². The molecule has 0 saturated carbocycles. The highest BCUT2D eigenvalue weighted by molar-refractivity contribution is 5.65. The van der Waals surface area contributed by atoms with Crippen molar-refractivity contribution in [1.29, 1.82) is 0 Å². The first-order chi connectivity index (χ1) is 17.7.